The van der Waals surface area contributed by atoms with E-state index in [1.165, 1.54) is 12.1 Å². The smallest absolute Gasteiger partial charge is 0.348 e. The van der Waals surface area contributed by atoms with Gasteiger partial charge in [-0.25, -0.2) is 4.79 Å². The van der Waals surface area contributed by atoms with Crippen LogP contribution in [0.1, 0.15) is 25.5 Å². The quantitative estimate of drug-likeness (QED) is 0.443. The number of phenols is 1. The van der Waals surface area contributed by atoms with E-state index in [0.717, 1.165) is 0 Å². The molecule has 3 N–H and O–H groups in total. The number of furan rings is 1. The predicted molar refractivity (Wildman–Crippen MR) is 97.1 cm³/mol. The van der Waals surface area contributed by atoms with Crippen LogP contribution in [-0.4, -0.2) is 27.0 Å². The maximum absolute atomic E-state index is 12.5. The molecule has 2 aromatic carbocycles. The minimum absolute atomic E-state index is 0.0192. The summed E-state index contributed by atoms with van der Waals surface area (Å²) in [5, 5.41) is 31.7. The first-order valence-electron chi connectivity index (χ1n) is 8.47. The van der Waals surface area contributed by atoms with Gasteiger partial charge in [0.25, 0.3) is 0 Å². The van der Waals surface area contributed by atoms with Crippen LogP contribution in [0.4, 0.5) is 0 Å². The number of benzene rings is 2. The minimum Gasteiger partial charge on any atom is -0.508 e. The van der Waals surface area contributed by atoms with Crippen LogP contribution in [0.3, 0.4) is 0 Å². The second-order valence-electron chi connectivity index (χ2n) is 7.40. The van der Waals surface area contributed by atoms with Gasteiger partial charge in [-0.05, 0) is 32.0 Å². The van der Waals surface area contributed by atoms with Gasteiger partial charge in [0.15, 0.2) is 11.7 Å². The van der Waals surface area contributed by atoms with Crippen molar-refractivity contribution in [3.8, 4) is 11.5 Å². The molecule has 0 radical (unpaired) electrons. The molecule has 0 saturated heterocycles. The van der Waals surface area contributed by atoms with Gasteiger partial charge >= 0.3 is 5.63 Å². The summed E-state index contributed by atoms with van der Waals surface area (Å²) in [6, 6.07) is 7.68. The molecule has 4 aromatic rings. The van der Waals surface area contributed by atoms with Gasteiger partial charge < -0.3 is 28.9 Å². The number of hydrogen-bond acceptors (Lipinski definition) is 7. The zero-order valence-corrected chi connectivity index (χ0v) is 14.5. The van der Waals surface area contributed by atoms with E-state index < -0.39 is 23.4 Å². The number of phenolic OH excluding ortho intramolecular Hbond substituents is 1. The highest BCUT2D eigenvalue weighted by Gasteiger charge is 2.43. The zero-order chi connectivity index (χ0) is 19.1. The first kappa shape index (κ1) is 16.2. The molecule has 7 heteroatoms. The molecule has 1 aliphatic heterocycles. The Kier molecular flexibility index (Phi) is 3.01. The van der Waals surface area contributed by atoms with Gasteiger partial charge in [0.1, 0.15) is 34.2 Å². The molecular weight excluding hydrogens is 352 g/mol. The van der Waals surface area contributed by atoms with E-state index in [1.54, 1.807) is 32.0 Å². The van der Waals surface area contributed by atoms with Crippen molar-refractivity contribution >= 4 is 32.9 Å². The van der Waals surface area contributed by atoms with Crippen LogP contribution in [0.5, 0.6) is 11.5 Å². The van der Waals surface area contributed by atoms with Crippen LogP contribution in [0.15, 0.2) is 44.0 Å². The number of aliphatic hydroxyl groups excluding tert-OH is 1. The highest BCUT2D eigenvalue weighted by atomic mass is 16.5. The molecule has 2 atom stereocenters. The van der Waals surface area contributed by atoms with Crippen molar-refractivity contribution in [3.05, 3.63) is 46.3 Å². The Morgan fingerprint density at radius 1 is 1.04 bits per heavy atom. The number of fused-ring (bicyclic) bond motifs is 6. The highest BCUT2D eigenvalue weighted by molar-refractivity contribution is 6.13. The van der Waals surface area contributed by atoms with E-state index in [9.17, 15) is 20.1 Å². The van der Waals surface area contributed by atoms with Crippen LogP contribution >= 0.6 is 0 Å². The van der Waals surface area contributed by atoms with Crippen molar-refractivity contribution < 1.29 is 28.9 Å². The van der Waals surface area contributed by atoms with Crippen molar-refractivity contribution in [1.82, 2.24) is 0 Å². The van der Waals surface area contributed by atoms with E-state index in [1.807, 2.05) is 0 Å². The minimum atomic E-state index is -1.25. The van der Waals surface area contributed by atoms with Gasteiger partial charge in [-0.3, -0.25) is 0 Å². The SMILES string of the molecule is CC(C)(O)[C@H]1Oc2cc3oc4c5ccc(O)cc5oc(=O)c4c3cc2[C@@H]1O. The summed E-state index contributed by atoms with van der Waals surface area (Å²) in [5.41, 5.74) is -0.415. The van der Waals surface area contributed by atoms with Gasteiger partial charge in [0.2, 0.25) is 0 Å². The lowest BCUT2D eigenvalue weighted by molar-refractivity contribution is -0.0762. The number of ether oxygens (including phenoxy) is 1. The van der Waals surface area contributed by atoms with Gasteiger partial charge in [-0.2, -0.15) is 0 Å². The second kappa shape index (κ2) is 5.03. The van der Waals surface area contributed by atoms with Crippen molar-refractivity contribution in [3.63, 3.8) is 0 Å². The van der Waals surface area contributed by atoms with Crippen molar-refractivity contribution in [2.75, 3.05) is 0 Å². The topological polar surface area (TPSA) is 113 Å². The Bertz CT molecular complexity index is 1290. The molecule has 0 aliphatic carbocycles. The molecule has 2 aromatic heterocycles. The Morgan fingerprint density at radius 3 is 2.52 bits per heavy atom. The molecule has 27 heavy (non-hydrogen) atoms. The Hall–Kier alpha value is -3.03. The third-order valence-electron chi connectivity index (χ3n) is 4.99. The van der Waals surface area contributed by atoms with Crippen LogP contribution in [0.25, 0.3) is 32.9 Å². The van der Waals surface area contributed by atoms with Crippen molar-refractivity contribution in [2.24, 2.45) is 0 Å². The van der Waals surface area contributed by atoms with E-state index in [2.05, 4.69) is 0 Å². The second-order valence-corrected chi connectivity index (χ2v) is 7.40. The fraction of sp³-hybridized carbons (Fsp3) is 0.250. The van der Waals surface area contributed by atoms with Gasteiger partial charge in [0, 0.05) is 23.1 Å². The number of hydrogen-bond donors (Lipinski definition) is 3. The maximum atomic E-state index is 12.5. The first-order valence-corrected chi connectivity index (χ1v) is 8.47. The molecule has 0 amide bonds. The molecule has 0 saturated carbocycles. The van der Waals surface area contributed by atoms with Crippen LogP contribution in [0.2, 0.25) is 0 Å². The monoisotopic (exact) mass is 368 g/mol. The Balaban J connectivity index is 1.82. The summed E-state index contributed by atoms with van der Waals surface area (Å²) < 4.78 is 17.0. The van der Waals surface area contributed by atoms with Crippen LogP contribution < -0.4 is 10.4 Å². The molecule has 0 fully saturated rings. The molecule has 138 valence electrons. The van der Waals surface area contributed by atoms with Gasteiger partial charge in [-0.1, -0.05) is 0 Å². The molecule has 7 nitrogen and oxygen atoms in total. The summed E-state index contributed by atoms with van der Waals surface area (Å²) in [6.45, 7) is 3.12. The summed E-state index contributed by atoms with van der Waals surface area (Å²) in [7, 11) is 0. The number of aliphatic hydroxyl groups is 2. The van der Waals surface area contributed by atoms with E-state index in [-0.39, 0.29) is 16.7 Å². The molecule has 0 unspecified atom stereocenters. The third kappa shape index (κ3) is 2.19. The summed E-state index contributed by atoms with van der Waals surface area (Å²) >= 11 is 0. The van der Waals surface area contributed by atoms with Crippen LogP contribution in [0, 0.1) is 0 Å². The molecular formula is C20H16O7. The summed E-state index contributed by atoms with van der Waals surface area (Å²) in [5.74, 6) is 0.377. The molecule has 0 spiro atoms. The van der Waals surface area contributed by atoms with E-state index >= 15 is 0 Å². The van der Waals surface area contributed by atoms with E-state index in [4.69, 9.17) is 13.6 Å². The largest absolute Gasteiger partial charge is 0.508 e. The standard InChI is InChI=1S/C20H16O7/c1-20(2,24)18-16(22)11-6-10-13(7-14(11)26-18)25-17-9-4-3-8(21)5-12(9)27-19(23)15(10)17/h3-7,16,18,21-22,24H,1-2H3/t16-,18-/m0/s1. The lowest BCUT2D eigenvalue weighted by Crippen LogP contribution is -2.41. The fourth-order valence-corrected chi connectivity index (χ4v) is 3.70. The third-order valence-corrected chi connectivity index (χ3v) is 4.99. The summed E-state index contributed by atoms with van der Waals surface area (Å²) in [4.78, 5) is 12.5. The summed E-state index contributed by atoms with van der Waals surface area (Å²) in [6.07, 6.45) is -1.87. The fourth-order valence-electron chi connectivity index (χ4n) is 3.70. The lowest BCUT2D eigenvalue weighted by atomic mass is 9.94. The molecule has 3 heterocycles. The molecule has 5 rings (SSSR count). The highest BCUT2D eigenvalue weighted by Crippen LogP contribution is 2.44. The number of aromatic hydroxyl groups is 1. The Morgan fingerprint density at radius 2 is 1.78 bits per heavy atom. The molecule has 1 aliphatic rings. The van der Waals surface area contributed by atoms with Crippen LogP contribution in [-0.2, 0) is 0 Å². The number of rotatable bonds is 1. The van der Waals surface area contributed by atoms with Crippen molar-refractivity contribution in [1.29, 1.82) is 0 Å². The zero-order valence-electron chi connectivity index (χ0n) is 14.5. The molecule has 0 bridgehead atoms. The normalized spacial score (nSPS) is 19.7. The maximum Gasteiger partial charge on any atom is 0.348 e. The predicted octanol–water partition coefficient (Wildman–Crippen LogP) is 2.96. The average molecular weight is 368 g/mol. The van der Waals surface area contributed by atoms with E-state index in [0.29, 0.717) is 33.3 Å². The average Bonchev–Trinajstić information content (AvgIpc) is 3.11. The lowest BCUT2D eigenvalue weighted by Gasteiger charge is -2.27. The first-order chi connectivity index (χ1) is 12.7. The van der Waals surface area contributed by atoms with Gasteiger partial charge in [0.05, 0.1) is 11.0 Å². The van der Waals surface area contributed by atoms with Crippen molar-refractivity contribution in [2.45, 2.75) is 31.7 Å². The Labute approximate surface area is 152 Å². The van der Waals surface area contributed by atoms with Gasteiger partial charge in [-0.15, -0.1) is 0 Å².